The van der Waals surface area contributed by atoms with Crippen molar-refractivity contribution in [3.05, 3.63) is 63.9 Å². The molecule has 0 fully saturated rings. The minimum absolute atomic E-state index is 0.0367. The predicted octanol–water partition coefficient (Wildman–Crippen LogP) is 4.31. The summed E-state index contributed by atoms with van der Waals surface area (Å²) >= 11 is 12.0. The Kier molecular flexibility index (Phi) is 4.40. The Balaban J connectivity index is 2.10. The van der Waals surface area contributed by atoms with E-state index < -0.39 is 5.82 Å². The highest BCUT2D eigenvalue weighted by atomic mass is 35.5. The van der Waals surface area contributed by atoms with Crippen molar-refractivity contribution < 1.29 is 9.18 Å². The molecular formula is C14H10Cl2FNO. The first-order valence-corrected chi connectivity index (χ1v) is 6.30. The summed E-state index contributed by atoms with van der Waals surface area (Å²) in [6, 6.07) is 10.7. The van der Waals surface area contributed by atoms with Crippen molar-refractivity contribution in [2.24, 2.45) is 0 Å². The van der Waals surface area contributed by atoms with Gasteiger partial charge in [0.15, 0.2) is 0 Å². The number of anilines is 1. The molecule has 0 aliphatic heterocycles. The van der Waals surface area contributed by atoms with Gasteiger partial charge in [0, 0.05) is 15.7 Å². The number of nitrogens with one attached hydrogen (secondary N) is 1. The van der Waals surface area contributed by atoms with E-state index in [-0.39, 0.29) is 12.3 Å². The first kappa shape index (κ1) is 13.8. The Morgan fingerprint density at radius 3 is 2.37 bits per heavy atom. The molecule has 0 aliphatic carbocycles. The van der Waals surface area contributed by atoms with Crippen molar-refractivity contribution in [1.82, 2.24) is 0 Å². The second-order valence-electron chi connectivity index (χ2n) is 3.94. The topological polar surface area (TPSA) is 29.1 Å². The molecule has 2 aromatic rings. The molecule has 0 bridgehead atoms. The van der Waals surface area contributed by atoms with Gasteiger partial charge < -0.3 is 5.32 Å². The maximum Gasteiger partial charge on any atom is 0.228 e. The maximum absolute atomic E-state index is 13.0. The first-order valence-electron chi connectivity index (χ1n) is 5.54. The number of halogens is 3. The van der Waals surface area contributed by atoms with Crippen LogP contribution >= 0.6 is 23.2 Å². The molecule has 0 unspecified atom stereocenters. The smallest absolute Gasteiger partial charge is 0.228 e. The third kappa shape index (κ3) is 3.69. The summed E-state index contributed by atoms with van der Waals surface area (Å²) in [6.07, 6.45) is 0.0367. The maximum atomic E-state index is 13.0. The van der Waals surface area contributed by atoms with Gasteiger partial charge in [-0.2, -0.15) is 0 Å². The summed E-state index contributed by atoms with van der Waals surface area (Å²) in [5.74, 6) is -0.714. The monoisotopic (exact) mass is 297 g/mol. The minimum atomic E-state index is -0.409. The van der Waals surface area contributed by atoms with E-state index in [1.165, 1.54) is 18.2 Å². The molecule has 2 rings (SSSR count). The van der Waals surface area contributed by atoms with Gasteiger partial charge in [0.05, 0.1) is 6.42 Å². The van der Waals surface area contributed by atoms with Crippen molar-refractivity contribution >= 4 is 34.8 Å². The van der Waals surface area contributed by atoms with Gasteiger partial charge in [-0.25, -0.2) is 4.39 Å². The minimum Gasteiger partial charge on any atom is -0.326 e. The zero-order valence-corrected chi connectivity index (χ0v) is 11.3. The lowest BCUT2D eigenvalue weighted by Crippen LogP contribution is -2.15. The van der Waals surface area contributed by atoms with E-state index in [0.717, 1.165) is 0 Å². The molecule has 0 spiro atoms. The number of hydrogen-bond donors (Lipinski definition) is 1. The zero-order valence-electron chi connectivity index (χ0n) is 9.79. The molecule has 2 nitrogen and oxygen atoms in total. The van der Waals surface area contributed by atoms with Gasteiger partial charge in [0.2, 0.25) is 5.91 Å². The Morgan fingerprint density at radius 1 is 1.11 bits per heavy atom. The number of amides is 1. The summed E-state index contributed by atoms with van der Waals surface area (Å²) in [7, 11) is 0. The second-order valence-corrected chi connectivity index (χ2v) is 4.75. The van der Waals surface area contributed by atoms with Crippen LogP contribution < -0.4 is 5.32 Å². The fourth-order valence-electron chi connectivity index (χ4n) is 1.63. The van der Waals surface area contributed by atoms with Crippen LogP contribution in [0.3, 0.4) is 0 Å². The molecule has 0 heterocycles. The van der Waals surface area contributed by atoms with Crippen molar-refractivity contribution in [2.75, 3.05) is 5.32 Å². The SMILES string of the molecule is O=C(Cc1c(Cl)cccc1Cl)Nc1cccc(F)c1. The van der Waals surface area contributed by atoms with Crippen molar-refractivity contribution in [2.45, 2.75) is 6.42 Å². The third-order valence-corrected chi connectivity index (χ3v) is 3.22. The normalized spacial score (nSPS) is 10.3. The molecule has 5 heteroatoms. The van der Waals surface area contributed by atoms with Crippen LogP contribution in [0.25, 0.3) is 0 Å². The molecule has 98 valence electrons. The van der Waals surface area contributed by atoms with Crippen LogP contribution in [0.15, 0.2) is 42.5 Å². The summed E-state index contributed by atoms with van der Waals surface area (Å²) in [6.45, 7) is 0. The van der Waals surface area contributed by atoms with Crippen LogP contribution in [0.5, 0.6) is 0 Å². The highest BCUT2D eigenvalue weighted by Crippen LogP contribution is 2.25. The molecule has 1 amide bonds. The van der Waals surface area contributed by atoms with Gasteiger partial charge in [-0.3, -0.25) is 4.79 Å². The van der Waals surface area contributed by atoms with Crippen LogP contribution in [-0.2, 0) is 11.2 Å². The first-order chi connectivity index (χ1) is 9.06. The van der Waals surface area contributed by atoms with E-state index in [2.05, 4.69) is 5.32 Å². The molecule has 0 saturated heterocycles. The predicted molar refractivity (Wildman–Crippen MR) is 75.2 cm³/mol. The van der Waals surface area contributed by atoms with E-state index in [4.69, 9.17) is 23.2 Å². The van der Waals surface area contributed by atoms with Gasteiger partial charge in [-0.15, -0.1) is 0 Å². The highest BCUT2D eigenvalue weighted by molar-refractivity contribution is 6.36. The summed E-state index contributed by atoms with van der Waals surface area (Å²) in [4.78, 5) is 11.8. The van der Waals surface area contributed by atoms with Gasteiger partial charge in [-0.05, 0) is 35.9 Å². The summed E-state index contributed by atoms with van der Waals surface area (Å²) in [5.41, 5.74) is 0.952. The molecule has 19 heavy (non-hydrogen) atoms. The molecule has 0 radical (unpaired) electrons. The largest absolute Gasteiger partial charge is 0.326 e. The van der Waals surface area contributed by atoms with Crippen molar-refractivity contribution in [1.29, 1.82) is 0 Å². The number of carbonyl (C=O) groups excluding carboxylic acids is 1. The fraction of sp³-hybridized carbons (Fsp3) is 0.0714. The number of benzene rings is 2. The van der Waals surface area contributed by atoms with Crippen LogP contribution in [0, 0.1) is 5.82 Å². The van der Waals surface area contributed by atoms with Crippen LogP contribution in [0.2, 0.25) is 10.0 Å². The van der Waals surface area contributed by atoms with Gasteiger partial charge in [0.1, 0.15) is 5.82 Å². The van der Waals surface area contributed by atoms with E-state index in [1.54, 1.807) is 24.3 Å². The molecule has 0 aromatic heterocycles. The second kappa shape index (κ2) is 6.04. The van der Waals surface area contributed by atoms with E-state index in [0.29, 0.717) is 21.3 Å². The van der Waals surface area contributed by atoms with Crippen molar-refractivity contribution in [3.8, 4) is 0 Å². The molecule has 0 saturated carbocycles. The van der Waals surface area contributed by atoms with Gasteiger partial charge in [-0.1, -0.05) is 35.3 Å². The van der Waals surface area contributed by atoms with Crippen LogP contribution in [-0.4, -0.2) is 5.91 Å². The summed E-state index contributed by atoms with van der Waals surface area (Å²) < 4.78 is 13.0. The molecule has 2 aromatic carbocycles. The van der Waals surface area contributed by atoms with Crippen molar-refractivity contribution in [3.63, 3.8) is 0 Å². The van der Waals surface area contributed by atoms with E-state index >= 15 is 0 Å². The highest BCUT2D eigenvalue weighted by Gasteiger charge is 2.11. The van der Waals surface area contributed by atoms with Crippen LogP contribution in [0.1, 0.15) is 5.56 Å². The lowest BCUT2D eigenvalue weighted by molar-refractivity contribution is -0.115. The van der Waals surface area contributed by atoms with E-state index in [1.807, 2.05) is 0 Å². The third-order valence-electron chi connectivity index (χ3n) is 2.51. The average Bonchev–Trinajstić information content (AvgIpc) is 2.34. The number of carbonyl (C=O) groups is 1. The Bertz CT molecular complexity index is 596. The molecule has 0 atom stereocenters. The molecular weight excluding hydrogens is 288 g/mol. The van der Waals surface area contributed by atoms with Gasteiger partial charge in [0.25, 0.3) is 0 Å². The number of rotatable bonds is 3. The molecule has 1 N–H and O–H groups in total. The van der Waals surface area contributed by atoms with Crippen LogP contribution in [0.4, 0.5) is 10.1 Å². The average molecular weight is 298 g/mol. The fourth-order valence-corrected chi connectivity index (χ4v) is 2.16. The Hall–Kier alpha value is -1.58. The Morgan fingerprint density at radius 2 is 1.74 bits per heavy atom. The van der Waals surface area contributed by atoms with Gasteiger partial charge >= 0.3 is 0 Å². The Labute approximate surface area is 120 Å². The zero-order chi connectivity index (χ0) is 13.8. The quantitative estimate of drug-likeness (QED) is 0.898. The molecule has 0 aliphatic rings. The lowest BCUT2D eigenvalue weighted by Gasteiger charge is -2.08. The number of hydrogen-bond acceptors (Lipinski definition) is 1. The van der Waals surface area contributed by atoms with E-state index in [9.17, 15) is 9.18 Å². The summed E-state index contributed by atoms with van der Waals surface area (Å²) in [5, 5.41) is 3.45. The standard InChI is InChI=1S/C14H10Cl2FNO/c15-12-5-2-6-13(16)11(12)8-14(19)18-10-4-1-3-9(17)7-10/h1-7H,8H2,(H,18,19). The lowest BCUT2D eigenvalue weighted by atomic mass is 10.1.